The molecule has 0 aromatic carbocycles. The lowest BCUT2D eigenvalue weighted by molar-refractivity contribution is -0.386. The Balaban J connectivity index is 2.14. The zero-order valence-electron chi connectivity index (χ0n) is 8.92. The van der Waals surface area contributed by atoms with Crippen LogP contribution in [0.1, 0.15) is 12.8 Å². The second-order valence-electron chi connectivity index (χ2n) is 3.94. The lowest BCUT2D eigenvalue weighted by Crippen LogP contribution is -2.31. The highest BCUT2D eigenvalue weighted by molar-refractivity contribution is 5.20. The average molecular weight is 241 g/mol. The van der Waals surface area contributed by atoms with Crippen LogP contribution >= 0.6 is 0 Å². The highest BCUT2D eigenvalue weighted by atomic mass is 16.6. The second kappa shape index (κ2) is 4.50. The molecule has 1 heterocycles. The van der Waals surface area contributed by atoms with E-state index in [4.69, 9.17) is 4.74 Å². The quantitative estimate of drug-likeness (QED) is 0.568. The third-order valence-electron chi connectivity index (χ3n) is 2.47. The first kappa shape index (κ1) is 11.5. The first-order valence-electron chi connectivity index (χ1n) is 5.14. The fourth-order valence-corrected chi connectivity index (χ4v) is 1.33. The predicted octanol–water partition coefficient (Wildman–Crippen LogP) is -0.171. The van der Waals surface area contributed by atoms with Gasteiger partial charge in [-0.1, -0.05) is 0 Å². The molecule has 0 unspecified atom stereocenters. The van der Waals surface area contributed by atoms with Gasteiger partial charge in [0, 0.05) is 0 Å². The monoisotopic (exact) mass is 241 g/mol. The molecule has 0 atom stereocenters. The van der Waals surface area contributed by atoms with Crippen LogP contribution in [0.25, 0.3) is 0 Å². The fraction of sp³-hybridized carbons (Fsp3) is 0.556. The van der Waals surface area contributed by atoms with Crippen LogP contribution in [-0.4, -0.2) is 21.1 Å². The van der Waals surface area contributed by atoms with E-state index in [0.717, 1.165) is 23.6 Å². The van der Waals surface area contributed by atoms with E-state index < -0.39 is 21.9 Å². The van der Waals surface area contributed by atoms with Crippen molar-refractivity contribution in [2.24, 2.45) is 5.92 Å². The molecule has 0 bridgehead atoms. The van der Waals surface area contributed by atoms with Crippen LogP contribution in [0.15, 0.2) is 15.8 Å². The molecule has 1 aliphatic carbocycles. The zero-order valence-corrected chi connectivity index (χ0v) is 8.92. The van der Waals surface area contributed by atoms with Gasteiger partial charge < -0.3 is 4.74 Å². The van der Waals surface area contributed by atoms with Gasteiger partial charge in [0.2, 0.25) is 0 Å². The fourth-order valence-electron chi connectivity index (χ4n) is 1.33. The summed E-state index contributed by atoms with van der Waals surface area (Å²) >= 11 is 0. The summed E-state index contributed by atoms with van der Waals surface area (Å²) in [7, 11) is 0. The van der Waals surface area contributed by atoms with E-state index >= 15 is 0 Å². The predicted molar refractivity (Wildman–Crippen MR) is 56.7 cm³/mol. The van der Waals surface area contributed by atoms with Gasteiger partial charge >= 0.3 is 16.9 Å². The van der Waals surface area contributed by atoms with E-state index in [1.165, 1.54) is 0 Å². The van der Waals surface area contributed by atoms with Crippen molar-refractivity contribution in [3.63, 3.8) is 0 Å². The summed E-state index contributed by atoms with van der Waals surface area (Å²) < 4.78 is 6.19. The summed E-state index contributed by atoms with van der Waals surface area (Å²) in [5.41, 5.74) is -2.38. The Morgan fingerprint density at radius 3 is 2.82 bits per heavy atom. The maximum absolute atomic E-state index is 11.3. The largest absolute Gasteiger partial charge is 0.360 e. The molecule has 1 aromatic rings. The van der Waals surface area contributed by atoms with Crippen LogP contribution in [-0.2, 0) is 11.5 Å². The van der Waals surface area contributed by atoms with Crippen molar-refractivity contribution in [1.29, 1.82) is 0 Å². The summed E-state index contributed by atoms with van der Waals surface area (Å²) in [6.45, 7) is 0.437. The van der Waals surface area contributed by atoms with Gasteiger partial charge in [-0.25, -0.2) is 4.79 Å². The van der Waals surface area contributed by atoms with Gasteiger partial charge in [-0.2, -0.15) is 0 Å². The minimum atomic E-state index is -1.00. The van der Waals surface area contributed by atoms with E-state index in [1.807, 2.05) is 4.98 Å². The highest BCUT2D eigenvalue weighted by Gasteiger charge is 2.21. The average Bonchev–Trinajstić information content (AvgIpc) is 3.04. The van der Waals surface area contributed by atoms with Crippen molar-refractivity contribution in [2.75, 3.05) is 6.61 Å². The molecule has 8 heteroatoms. The SMILES string of the molecule is O=c1[nH]c(=O)n(COCC2CC2)cc1[N+](=O)[O-]. The standard InChI is InChI=1S/C9H11N3O5/c13-8-7(12(15)16)3-11(9(14)10-8)5-17-4-6-1-2-6/h3,6H,1-2,4-5H2,(H,10,13,14). The van der Waals surface area contributed by atoms with Crippen LogP contribution < -0.4 is 11.2 Å². The maximum atomic E-state index is 11.3. The summed E-state index contributed by atoms with van der Waals surface area (Å²) in [6, 6.07) is 0. The third-order valence-corrected chi connectivity index (χ3v) is 2.47. The molecule has 0 aliphatic heterocycles. The van der Waals surface area contributed by atoms with Crippen molar-refractivity contribution in [2.45, 2.75) is 19.6 Å². The molecule has 0 radical (unpaired) electrons. The highest BCUT2D eigenvalue weighted by Crippen LogP contribution is 2.28. The van der Waals surface area contributed by atoms with E-state index in [1.54, 1.807) is 0 Å². The van der Waals surface area contributed by atoms with Gasteiger partial charge in [0.25, 0.3) is 0 Å². The molecule has 1 N–H and O–H groups in total. The summed E-state index contributed by atoms with van der Waals surface area (Å²) in [4.78, 5) is 33.9. The van der Waals surface area contributed by atoms with E-state index in [0.29, 0.717) is 12.5 Å². The molecule has 17 heavy (non-hydrogen) atoms. The molecular formula is C9H11N3O5. The number of nitrogens with one attached hydrogen (secondary N) is 1. The van der Waals surface area contributed by atoms with Crippen LogP contribution in [0, 0.1) is 16.0 Å². The second-order valence-corrected chi connectivity index (χ2v) is 3.94. The molecule has 8 nitrogen and oxygen atoms in total. The topological polar surface area (TPSA) is 107 Å². The molecule has 0 amide bonds. The minimum absolute atomic E-state index is 0.0903. The lowest BCUT2D eigenvalue weighted by Gasteiger charge is -2.05. The Bertz CT molecular complexity index is 542. The van der Waals surface area contributed by atoms with E-state index in [9.17, 15) is 19.7 Å². The molecule has 2 rings (SSSR count). The van der Waals surface area contributed by atoms with Gasteiger partial charge in [-0.05, 0) is 18.8 Å². The van der Waals surface area contributed by atoms with E-state index in [-0.39, 0.29) is 6.73 Å². The molecule has 1 saturated carbocycles. The number of H-pyrrole nitrogens is 1. The minimum Gasteiger partial charge on any atom is -0.360 e. The molecule has 92 valence electrons. The summed E-state index contributed by atoms with van der Waals surface area (Å²) in [5.74, 6) is 0.531. The van der Waals surface area contributed by atoms with Crippen LogP contribution in [0.2, 0.25) is 0 Å². The maximum Gasteiger partial charge on any atom is 0.350 e. The van der Waals surface area contributed by atoms with Crippen molar-refractivity contribution in [3.05, 3.63) is 37.1 Å². The Morgan fingerprint density at radius 1 is 1.53 bits per heavy atom. The third kappa shape index (κ3) is 2.78. The summed E-state index contributed by atoms with van der Waals surface area (Å²) in [5, 5.41) is 10.5. The lowest BCUT2D eigenvalue weighted by atomic mass is 10.5. The van der Waals surface area contributed by atoms with Crippen molar-refractivity contribution in [1.82, 2.24) is 9.55 Å². The Hall–Kier alpha value is -1.96. The molecule has 1 fully saturated rings. The number of aromatic amines is 1. The summed E-state index contributed by atoms with van der Waals surface area (Å²) in [6.07, 6.45) is 3.12. The zero-order chi connectivity index (χ0) is 12.4. The van der Waals surface area contributed by atoms with Gasteiger partial charge in [0.05, 0.1) is 17.7 Å². The number of ether oxygens (including phenoxy) is 1. The Kier molecular flexibility index (Phi) is 3.05. The molecular weight excluding hydrogens is 230 g/mol. The molecule has 1 aromatic heterocycles. The molecule has 0 spiro atoms. The Morgan fingerprint density at radius 2 is 2.24 bits per heavy atom. The smallest absolute Gasteiger partial charge is 0.350 e. The first-order chi connectivity index (χ1) is 8.08. The first-order valence-corrected chi connectivity index (χ1v) is 5.14. The van der Waals surface area contributed by atoms with Gasteiger partial charge in [0.1, 0.15) is 6.73 Å². The number of hydrogen-bond acceptors (Lipinski definition) is 5. The van der Waals surface area contributed by atoms with Gasteiger partial charge in [-0.15, -0.1) is 0 Å². The van der Waals surface area contributed by atoms with E-state index in [2.05, 4.69) is 0 Å². The van der Waals surface area contributed by atoms with Crippen molar-refractivity contribution < 1.29 is 9.66 Å². The number of aromatic nitrogens is 2. The molecule has 0 saturated heterocycles. The van der Waals surface area contributed by atoms with Crippen LogP contribution in [0.3, 0.4) is 0 Å². The van der Waals surface area contributed by atoms with Crippen molar-refractivity contribution >= 4 is 5.69 Å². The number of nitrogens with zero attached hydrogens (tertiary/aromatic N) is 2. The number of hydrogen-bond donors (Lipinski definition) is 1. The molecule has 1 aliphatic rings. The number of rotatable bonds is 5. The number of nitro groups is 1. The van der Waals surface area contributed by atoms with Gasteiger partial charge in [0.15, 0.2) is 0 Å². The normalized spacial score (nSPS) is 14.8. The Labute approximate surface area is 95.0 Å². The van der Waals surface area contributed by atoms with Crippen molar-refractivity contribution in [3.8, 4) is 0 Å². The van der Waals surface area contributed by atoms with Crippen LogP contribution in [0.4, 0.5) is 5.69 Å². The van der Waals surface area contributed by atoms with Crippen LogP contribution in [0.5, 0.6) is 0 Å². The van der Waals surface area contributed by atoms with Gasteiger partial charge in [-0.3, -0.25) is 24.5 Å².